The summed E-state index contributed by atoms with van der Waals surface area (Å²) < 4.78 is 13.8. The topological polar surface area (TPSA) is 101 Å². The van der Waals surface area contributed by atoms with Crippen LogP contribution in [-0.4, -0.2) is 45.8 Å². The first kappa shape index (κ1) is 18.0. The molecule has 1 saturated carbocycles. The second kappa shape index (κ2) is 6.29. The van der Waals surface area contributed by atoms with Crippen molar-refractivity contribution in [1.82, 2.24) is 9.78 Å². The fourth-order valence-electron chi connectivity index (χ4n) is 2.33. The van der Waals surface area contributed by atoms with E-state index in [4.69, 9.17) is 24.6 Å². The monoisotopic (exact) mass is 318 g/mol. The molecular formula is C14H22B2N3O4. The highest BCUT2D eigenvalue weighted by molar-refractivity contribution is 6.61. The van der Waals surface area contributed by atoms with Gasteiger partial charge in [-0.05, 0) is 40.5 Å². The first-order chi connectivity index (χ1) is 10.7. The molecule has 7 nitrogen and oxygen atoms in total. The van der Waals surface area contributed by atoms with Crippen LogP contribution in [0.3, 0.4) is 0 Å². The van der Waals surface area contributed by atoms with Gasteiger partial charge in [-0.2, -0.15) is 10.4 Å². The van der Waals surface area contributed by atoms with E-state index in [-0.39, 0.29) is 31.4 Å². The number of aromatic nitrogens is 2. The van der Waals surface area contributed by atoms with Gasteiger partial charge in [0.05, 0.1) is 29.2 Å². The molecule has 1 aromatic rings. The van der Waals surface area contributed by atoms with E-state index >= 15 is 0 Å². The summed E-state index contributed by atoms with van der Waals surface area (Å²) >= 11 is 0. The van der Waals surface area contributed by atoms with Crippen molar-refractivity contribution in [3.8, 4) is 6.07 Å². The molecule has 2 heterocycles. The molecule has 0 bridgehead atoms. The van der Waals surface area contributed by atoms with E-state index in [9.17, 15) is 0 Å². The molecule has 1 radical (unpaired) electrons. The number of hydrogen-bond acceptors (Lipinski definition) is 6. The minimum atomic E-state index is -0.383. The summed E-state index contributed by atoms with van der Waals surface area (Å²) in [5.74, 6) is 0. The van der Waals surface area contributed by atoms with Gasteiger partial charge in [-0.3, -0.25) is 4.68 Å². The Bertz CT molecular complexity index is 577. The Morgan fingerprint density at radius 1 is 1.30 bits per heavy atom. The molecule has 0 unspecified atom stereocenters. The molecule has 1 aliphatic carbocycles. The molecule has 0 amide bonds. The third-order valence-electron chi connectivity index (χ3n) is 4.73. The van der Waals surface area contributed by atoms with Gasteiger partial charge in [0.15, 0.2) is 0 Å². The molecule has 0 atom stereocenters. The van der Waals surface area contributed by atoms with Crippen LogP contribution in [0.1, 0.15) is 40.5 Å². The number of rotatable bonds is 3. The zero-order valence-electron chi connectivity index (χ0n) is 14.0. The van der Waals surface area contributed by atoms with Gasteiger partial charge in [0, 0.05) is 17.9 Å². The average Bonchev–Trinajstić information content (AvgIpc) is 2.99. The van der Waals surface area contributed by atoms with Crippen molar-refractivity contribution in [2.24, 2.45) is 5.41 Å². The summed E-state index contributed by atoms with van der Waals surface area (Å²) in [6, 6.07) is 2.38. The van der Waals surface area contributed by atoms with Gasteiger partial charge in [0.1, 0.15) is 0 Å². The number of nitriles is 1. The lowest BCUT2D eigenvalue weighted by molar-refractivity contribution is 0.00578. The first-order valence-electron chi connectivity index (χ1n) is 7.58. The minimum Gasteiger partial charge on any atom is -0.429 e. The zero-order chi connectivity index (χ0) is 17.3. The summed E-state index contributed by atoms with van der Waals surface area (Å²) in [4.78, 5) is 0. The second-order valence-electron chi connectivity index (χ2n) is 7.07. The maximum atomic E-state index is 9.13. The third-order valence-corrected chi connectivity index (χ3v) is 4.73. The minimum absolute atomic E-state index is 0. The van der Waals surface area contributed by atoms with Gasteiger partial charge in [0.25, 0.3) is 0 Å². The SMILES string of the molecule is CC1(C)OB(c2cnn(CC3(C#N)CC3)c2)OC1(C)C.O[B]O. The van der Waals surface area contributed by atoms with Crippen molar-refractivity contribution in [1.29, 1.82) is 5.26 Å². The van der Waals surface area contributed by atoms with Crippen LogP contribution in [-0.2, 0) is 15.9 Å². The smallest absolute Gasteiger partial charge is 0.429 e. The predicted octanol–water partition coefficient (Wildman–Crippen LogP) is -0.00872. The Kier molecular flexibility index (Phi) is 4.92. The van der Waals surface area contributed by atoms with Crippen molar-refractivity contribution < 1.29 is 19.4 Å². The summed E-state index contributed by atoms with van der Waals surface area (Å²) in [6.07, 6.45) is 5.64. The van der Waals surface area contributed by atoms with E-state index in [1.54, 1.807) is 6.20 Å². The molecule has 1 saturated heterocycles. The van der Waals surface area contributed by atoms with Crippen molar-refractivity contribution in [3.05, 3.63) is 12.4 Å². The van der Waals surface area contributed by atoms with Gasteiger partial charge < -0.3 is 19.4 Å². The summed E-state index contributed by atoms with van der Waals surface area (Å²) in [6.45, 7) is 8.79. The Morgan fingerprint density at radius 3 is 2.26 bits per heavy atom. The Balaban J connectivity index is 0.000000595. The van der Waals surface area contributed by atoms with E-state index in [1.165, 1.54) is 0 Å². The Hall–Kier alpha value is -1.33. The predicted molar refractivity (Wildman–Crippen MR) is 85.4 cm³/mol. The van der Waals surface area contributed by atoms with Crippen LogP contribution in [0, 0.1) is 16.7 Å². The molecular weight excluding hydrogens is 296 g/mol. The van der Waals surface area contributed by atoms with E-state index in [0.29, 0.717) is 6.54 Å². The average molecular weight is 318 g/mol. The third kappa shape index (κ3) is 3.78. The van der Waals surface area contributed by atoms with Crippen molar-refractivity contribution in [2.45, 2.75) is 58.3 Å². The maximum Gasteiger partial charge on any atom is 0.498 e. The molecule has 2 aliphatic rings. The summed E-state index contributed by atoms with van der Waals surface area (Å²) in [5.41, 5.74) is 0.0328. The summed E-state index contributed by atoms with van der Waals surface area (Å²) in [7, 11) is -0.383. The molecule has 23 heavy (non-hydrogen) atoms. The lowest BCUT2D eigenvalue weighted by Gasteiger charge is -2.32. The van der Waals surface area contributed by atoms with Gasteiger partial charge >= 0.3 is 14.8 Å². The lowest BCUT2D eigenvalue weighted by Crippen LogP contribution is -2.41. The van der Waals surface area contributed by atoms with Gasteiger partial charge in [-0.25, -0.2) is 0 Å². The molecule has 3 rings (SSSR count). The quantitative estimate of drug-likeness (QED) is 0.761. The van der Waals surface area contributed by atoms with Crippen LogP contribution in [0.25, 0.3) is 0 Å². The fourth-order valence-corrected chi connectivity index (χ4v) is 2.33. The van der Waals surface area contributed by atoms with E-state index in [1.807, 2.05) is 38.6 Å². The highest BCUT2D eigenvalue weighted by Crippen LogP contribution is 2.46. The molecule has 2 fully saturated rings. The standard InChI is InChI=1S/C14H20BN3O2.BH2O2/c1-12(2)13(3,4)20-15(19-12)11-7-17-18(8-11)10-14(9-16)5-6-14;2-1-3/h7-8H,5-6,10H2,1-4H3;2-3H. The molecule has 1 aromatic heterocycles. The molecule has 1 aliphatic heterocycles. The van der Waals surface area contributed by atoms with Gasteiger partial charge in [-0.15, -0.1) is 0 Å². The first-order valence-corrected chi connectivity index (χ1v) is 7.58. The highest BCUT2D eigenvalue weighted by atomic mass is 16.7. The molecule has 2 N–H and O–H groups in total. The Morgan fingerprint density at radius 2 is 1.83 bits per heavy atom. The van der Waals surface area contributed by atoms with E-state index in [0.717, 1.165) is 18.3 Å². The molecule has 123 valence electrons. The molecule has 0 spiro atoms. The van der Waals surface area contributed by atoms with Crippen molar-refractivity contribution >= 4 is 20.3 Å². The van der Waals surface area contributed by atoms with Crippen LogP contribution >= 0.6 is 0 Å². The fraction of sp³-hybridized carbons (Fsp3) is 0.714. The largest absolute Gasteiger partial charge is 0.498 e. The second-order valence-corrected chi connectivity index (χ2v) is 7.07. The normalized spacial score (nSPS) is 22.7. The number of nitrogens with zero attached hydrogens (tertiary/aromatic N) is 3. The van der Waals surface area contributed by atoms with Gasteiger partial charge in [-0.1, -0.05) is 0 Å². The van der Waals surface area contributed by atoms with E-state index in [2.05, 4.69) is 11.2 Å². The zero-order valence-corrected chi connectivity index (χ0v) is 14.0. The van der Waals surface area contributed by atoms with Gasteiger partial charge in [0.2, 0.25) is 0 Å². The van der Waals surface area contributed by atoms with E-state index < -0.39 is 0 Å². The molecule has 0 aromatic carbocycles. The number of hydrogen-bond donors (Lipinski definition) is 2. The van der Waals surface area contributed by atoms with Crippen molar-refractivity contribution in [2.75, 3.05) is 0 Å². The van der Waals surface area contributed by atoms with Crippen LogP contribution < -0.4 is 5.46 Å². The maximum absolute atomic E-state index is 9.13. The highest BCUT2D eigenvalue weighted by Gasteiger charge is 2.52. The van der Waals surface area contributed by atoms with Crippen LogP contribution in [0.5, 0.6) is 0 Å². The molecule has 9 heteroatoms. The van der Waals surface area contributed by atoms with Crippen LogP contribution in [0.15, 0.2) is 12.4 Å². The van der Waals surface area contributed by atoms with Crippen LogP contribution in [0.2, 0.25) is 0 Å². The Labute approximate surface area is 137 Å². The lowest BCUT2D eigenvalue weighted by atomic mass is 9.82. The van der Waals surface area contributed by atoms with Crippen molar-refractivity contribution in [3.63, 3.8) is 0 Å². The summed E-state index contributed by atoms with van der Waals surface area (Å²) in [5, 5.41) is 27.5. The van der Waals surface area contributed by atoms with Crippen LogP contribution in [0.4, 0.5) is 0 Å².